The molecule has 0 atom stereocenters. The van der Waals surface area contributed by atoms with Crippen LogP contribution in [0.15, 0.2) is 59.3 Å². The van der Waals surface area contributed by atoms with Gasteiger partial charge >= 0.3 is 6.18 Å². The van der Waals surface area contributed by atoms with Crippen molar-refractivity contribution in [3.8, 4) is 0 Å². The van der Waals surface area contributed by atoms with Gasteiger partial charge in [-0.3, -0.25) is 9.59 Å². The molecule has 1 N–H and O–H groups in total. The van der Waals surface area contributed by atoms with Crippen molar-refractivity contribution in [3.63, 3.8) is 0 Å². The van der Waals surface area contributed by atoms with E-state index in [9.17, 15) is 22.8 Å². The maximum Gasteiger partial charge on any atom is 0.416 e. The van der Waals surface area contributed by atoms with Crippen molar-refractivity contribution in [1.29, 1.82) is 0 Å². The fourth-order valence-corrected chi connectivity index (χ4v) is 2.73. The average Bonchev–Trinajstić information content (AvgIpc) is 2.80. The Morgan fingerprint density at radius 3 is 2.35 bits per heavy atom. The molecule has 0 radical (unpaired) electrons. The number of rotatable bonds is 3. The van der Waals surface area contributed by atoms with Crippen molar-refractivity contribution >= 4 is 34.8 Å². The molecule has 0 aromatic heterocycles. The number of nitrogens with one attached hydrogen (secondary N) is 1. The lowest BCUT2D eigenvalue weighted by molar-refractivity contribution is -0.137. The number of nitrogens with zero attached hydrogens (tertiary/aromatic N) is 1. The third kappa shape index (κ3) is 3.17. The van der Waals surface area contributed by atoms with Crippen LogP contribution in [0, 0.1) is 6.92 Å². The monoisotopic (exact) mass is 380 g/mol. The fourth-order valence-electron chi connectivity index (χ4n) is 2.51. The minimum absolute atomic E-state index is 0.177. The zero-order valence-electron chi connectivity index (χ0n) is 13.4. The summed E-state index contributed by atoms with van der Waals surface area (Å²) in [6, 6.07) is 11.0. The highest BCUT2D eigenvalue weighted by Gasteiger charge is 2.40. The second kappa shape index (κ2) is 6.49. The van der Waals surface area contributed by atoms with Gasteiger partial charge in [0, 0.05) is 5.69 Å². The number of anilines is 2. The van der Waals surface area contributed by atoms with Crippen molar-refractivity contribution < 1.29 is 22.8 Å². The van der Waals surface area contributed by atoms with E-state index >= 15 is 0 Å². The molecule has 2 amide bonds. The lowest BCUT2D eigenvalue weighted by Gasteiger charge is -2.17. The van der Waals surface area contributed by atoms with E-state index in [-0.39, 0.29) is 16.4 Å². The lowest BCUT2D eigenvalue weighted by atomic mass is 10.2. The Morgan fingerprint density at radius 2 is 1.69 bits per heavy atom. The first kappa shape index (κ1) is 18.0. The van der Waals surface area contributed by atoms with Crippen LogP contribution in [0.4, 0.5) is 24.5 Å². The third-order valence-electron chi connectivity index (χ3n) is 3.86. The molecule has 1 heterocycles. The molecule has 3 rings (SSSR count). The second-order valence-corrected chi connectivity index (χ2v) is 6.00. The molecule has 2 aromatic carbocycles. The number of carbonyl (C=O) groups excluding carboxylic acids is 2. The van der Waals surface area contributed by atoms with Crippen molar-refractivity contribution in [3.05, 3.63) is 70.4 Å². The molecule has 0 bridgehead atoms. The first-order valence-electron chi connectivity index (χ1n) is 7.48. The van der Waals surface area contributed by atoms with Gasteiger partial charge in [0.05, 0.1) is 11.3 Å². The summed E-state index contributed by atoms with van der Waals surface area (Å²) >= 11 is 5.98. The van der Waals surface area contributed by atoms with Gasteiger partial charge in [-0.2, -0.15) is 13.2 Å². The van der Waals surface area contributed by atoms with Crippen LogP contribution in [-0.4, -0.2) is 11.8 Å². The topological polar surface area (TPSA) is 49.4 Å². The Kier molecular flexibility index (Phi) is 4.50. The Morgan fingerprint density at radius 1 is 1.00 bits per heavy atom. The molecule has 1 aliphatic rings. The van der Waals surface area contributed by atoms with Crippen molar-refractivity contribution in [2.45, 2.75) is 13.1 Å². The minimum Gasteiger partial charge on any atom is -0.349 e. The lowest BCUT2D eigenvalue weighted by Crippen LogP contribution is -2.32. The smallest absolute Gasteiger partial charge is 0.349 e. The van der Waals surface area contributed by atoms with Gasteiger partial charge in [-0.05, 0) is 36.8 Å². The van der Waals surface area contributed by atoms with E-state index in [1.807, 2.05) is 0 Å². The molecule has 4 nitrogen and oxygen atoms in total. The molecule has 134 valence electrons. The molecule has 2 aromatic rings. The summed E-state index contributed by atoms with van der Waals surface area (Å²) in [4.78, 5) is 25.6. The predicted octanol–water partition coefficient (Wildman–Crippen LogP) is 4.45. The van der Waals surface area contributed by atoms with Gasteiger partial charge in [-0.25, -0.2) is 4.90 Å². The normalized spacial score (nSPS) is 15.0. The number of alkyl halides is 3. The van der Waals surface area contributed by atoms with Crippen LogP contribution in [0.3, 0.4) is 0 Å². The summed E-state index contributed by atoms with van der Waals surface area (Å²) in [5.74, 6) is -1.70. The molecule has 0 fully saturated rings. The summed E-state index contributed by atoms with van der Waals surface area (Å²) in [6.07, 6.45) is -4.60. The number of benzene rings is 2. The summed E-state index contributed by atoms with van der Waals surface area (Å²) in [7, 11) is 0. The number of hydrogen-bond donors (Lipinski definition) is 1. The van der Waals surface area contributed by atoms with E-state index in [2.05, 4.69) is 5.32 Å². The first-order chi connectivity index (χ1) is 12.2. The fraction of sp³-hybridized carbons (Fsp3) is 0.111. The maximum atomic E-state index is 12.9. The standard InChI is InChI=1S/C18H12ClF3N2O2/c1-10-5-2-3-8-13(10)23-15-14(19)16(25)24(17(15)26)12-7-4-6-11(9-12)18(20,21)22/h2-9,23H,1H3. The van der Waals surface area contributed by atoms with Gasteiger partial charge in [0.15, 0.2) is 0 Å². The molecular formula is C18H12ClF3N2O2. The Labute approximate surface area is 151 Å². The summed E-state index contributed by atoms with van der Waals surface area (Å²) in [5.41, 5.74) is 0.0277. The van der Waals surface area contributed by atoms with Crippen LogP contribution in [0.5, 0.6) is 0 Å². The molecule has 0 unspecified atom stereocenters. The second-order valence-electron chi connectivity index (χ2n) is 5.62. The minimum atomic E-state index is -4.60. The molecule has 0 saturated heterocycles. The molecule has 1 aliphatic heterocycles. The summed E-state index contributed by atoms with van der Waals surface area (Å²) in [6.45, 7) is 1.79. The number of aryl methyl sites for hydroxylation is 1. The van der Waals surface area contributed by atoms with Crippen molar-refractivity contribution in [2.75, 3.05) is 10.2 Å². The molecule has 26 heavy (non-hydrogen) atoms. The predicted molar refractivity (Wildman–Crippen MR) is 91.6 cm³/mol. The zero-order valence-corrected chi connectivity index (χ0v) is 14.2. The quantitative estimate of drug-likeness (QED) is 0.800. The molecule has 0 spiro atoms. The van der Waals surface area contributed by atoms with Gasteiger partial charge in [0.1, 0.15) is 10.7 Å². The van der Waals surface area contributed by atoms with E-state index in [0.29, 0.717) is 10.6 Å². The number of amides is 2. The largest absolute Gasteiger partial charge is 0.416 e. The first-order valence-corrected chi connectivity index (χ1v) is 7.86. The van der Waals surface area contributed by atoms with Crippen LogP contribution in [0.25, 0.3) is 0 Å². The number of imide groups is 1. The number of carbonyl (C=O) groups is 2. The molecule has 8 heteroatoms. The highest BCUT2D eigenvalue weighted by atomic mass is 35.5. The van der Waals surface area contributed by atoms with Crippen LogP contribution < -0.4 is 10.2 Å². The molecule has 0 saturated carbocycles. The maximum absolute atomic E-state index is 12.9. The van der Waals surface area contributed by atoms with Crippen LogP contribution >= 0.6 is 11.6 Å². The van der Waals surface area contributed by atoms with Crippen LogP contribution in [0.1, 0.15) is 11.1 Å². The van der Waals surface area contributed by atoms with Gasteiger partial charge in [0.2, 0.25) is 0 Å². The summed E-state index contributed by atoms with van der Waals surface area (Å²) < 4.78 is 38.7. The van der Waals surface area contributed by atoms with Crippen molar-refractivity contribution in [1.82, 2.24) is 0 Å². The van der Waals surface area contributed by atoms with Gasteiger partial charge in [0.25, 0.3) is 11.8 Å². The Balaban J connectivity index is 1.95. The van der Waals surface area contributed by atoms with Crippen LogP contribution in [-0.2, 0) is 15.8 Å². The Hall–Kier alpha value is -2.80. The van der Waals surface area contributed by atoms with E-state index in [1.165, 1.54) is 6.07 Å². The summed E-state index contributed by atoms with van der Waals surface area (Å²) in [5, 5.41) is 2.42. The van der Waals surface area contributed by atoms with Gasteiger partial charge < -0.3 is 5.32 Å². The number of para-hydroxylation sites is 1. The zero-order chi connectivity index (χ0) is 19.1. The Bertz CT molecular complexity index is 938. The third-order valence-corrected chi connectivity index (χ3v) is 4.21. The molecule has 0 aliphatic carbocycles. The van der Waals surface area contributed by atoms with Crippen molar-refractivity contribution in [2.24, 2.45) is 0 Å². The highest BCUT2D eigenvalue weighted by Crippen LogP contribution is 2.35. The number of halogens is 4. The average molecular weight is 381 g/mol. The van der Waals surface area contributed by atoms with E-state index in [0.717, 1.165) is 23.8 Å². The van der Waals surface area contributed by atoms with E-state index in [4.69, 9.17) is 11.6 Å². The van der Waals surface area contributed by atoms with Gasteiger partial charge in [-0.15, -0.1) is 0 Å². The van der Waals surface area contributed by atoms with Gasteiger partial charge in [-0.1, -0.05) is 35.9 Å². The van der Waals surface area contributed by atoms with E-state index in [1.54, 1.807) is 31.2 Å². The highest BCUT2D eigenvalue weighted by molar-refractivity contribution is 6.53. The SMILES string of the molecule is Cc1ccccc1NC1=C(Cl)C(=O)N(c2cccc(C(F)(F)F)c2)C1=O. The number of hydrogen-bond acceptors (Lipinski definition) is 3. The van der Waals surface area contributed by atoms with Crippen LogP contribution in [0.2, 0.25) is 0 Å². The molecular weight excluding hydrogens is 369 g/mol. The van der Waals surface area contributed by atoms with E-state index < -0.39 is 23.6 Å².